The zero-order valence-corrected chi connectivity index (χ0v) is 9.30. The second-order valence-corrected chi connectivity index (χ2v) is 3.93. The quantitative estimate of drug-likeness (QED) is 0.813. The first-order valence-corrected chi connectivity index (χ1v) is 5.49. The molecule has 17 heavy (non-hydrogen) atoms. The second kappa shape index (κ2) is 4.90. The van der Waals surface area contributed by atoms with Gasteiger partial charge in [0.2, 0.25) is 5.91 Å². The number of aromatic carboxylic acids is 1. The van der Waals surface area contributed by atoms with Gasteiger partial charge in [-0.25, -0.2) is 14.8 Å². The van der Waals surface area contributed by atoms with E-state index >= 15 is 0 Å². The molecule has 0 bridgehead atoms. The van der Waals surface area contributed by atoms with Crippen LogP contribution < -0.4 is 0 Å². The minimum absolute atomic E-state index is 0.0750. The number of carboxylic acids is 1. The Labute approximate surface area is 98.3 Å². The van der Waals surface area contributed by atoms with Crippen LogP contribution in [0.15, 0.2) is 12.4 Å². The van der Waals surface area contributed by atoms with Crippen molar-refractivity contribution in [1.82, 2.24) is 14.9 Å². The molecule has 1 N–H and O–H groups in total. The summed E-state index contributed by atoms with van der Waals surface area (Å²) in [6.45, 7) is 1.40. The van der Waals surface area contributed by atoms with Gasteiger partial charge in [-0.15, -0.1) is 0 Å². The molecule has 0 aromatic carbocycles. The highest BCUT2D eigenvalue weighted by Gasteiger charge is 2.19. The Bertz CT molecular complexity index is 430. The molecule has 1 aromatic rings. The molecule has 2 heterocycles. The highest BCUT2D eigenvalue weighted by Crippen LogP contribution is 2.09. The lowest BCUT2D eigenvalue weighted by atomic mass is 10.3. The van der Waals surface area contributed by atoms with Crippen LogP contribution in [0.3, 0.4) is 0 Å². The van der Waals surface area contributed by atoms with Crippen LogP contribution in [0.25, 0.3) is 0 Å². The Hall–Kier alpha value is -1.98. The van der Waals surface area contributed by atoms with Gasteiger partial charge in [0.05, 0.1) is 5.56 Å². The molecular weight excluding hydrogens is 222 g/mol. The third kappa shape index (κ3) is 2.77. The summed E-state index contributed by atoms with van der Waals surface area (Å²) in [5, 5.41) is 8.68. The summed E-state index contributed by atoms with van der Waals surface area (Å²) >= 11 is 0. The van der Waals surface area contributed by atoms with E-state index in [4.69, 9.17) is 5.11 Å². The first kappa shape index (κ1) is 11.5. The molecule has 1 amide bonds. The molecule has 0 spiro atoms. The minimum atomic E-state index is -1.04. The largest absolute Gasteiger partial charge is 0.478 e. The lowest BCUT2D eigenvalue weighted by Gasteiger charge is -2.14. The van der Waals surface area contributed by atoms with E-state index in [1.54, 1.807) is 4.90 Å². The van der Waals surface area contributed by atoms with Crippen molar-refractivity contribution in [3.05, 3.63) is 23.8 Å². The number of hydrogen-bond acceptors (Lipinski definition) is 4. The van der Waals surface area contributed by atoms with Gasteiger partial charge in [-0.05, 0) is 6.42 Å². The van der Waals surface area contributed by atoms with E-state index in [1.165, 1.54) is 12.4 Å². The van der Waals surface area contributed by atoms with E-state index in [9.17, 15) is 9.59 Å². The monoisotopic (exact) mass is 235 g/mol. The van der Waals surface area contributed by atoms with Gasteiger partial charge in [0.15, 0.2) is 0 Å². The van der Waals surface area contributed by atoms with Crippen LogP contribution in [0, 0.1) is 0 Å². The summed E-state index contributed by atoms with van der Waals surface area (Å²) in [7, 11) is 0. The maximum absolute atomic E-state index is 11.3. The molecule has 6 heteroatoms. The number of aromatic nitrogens is 2. The van der Waals surface area contributed by atoms with Crippen molar-refractivity contribution in [2.24, 2.45) is 0 Å². The number of rotatable bonds is 4. The molecule has 2 rings (SSSR count). The molecule has 0 unspecified atom stereocenters. The van der Waals surface area contributed by atoms with Gasteiger partial charge in [0, 0.05) is 38.3 Å². The minimum Gasteiger partial charge on any atom is -0.478 e. The SMILES string of the molecule is O=C(O)c1cnc(CCN2CCCC2=O)nc1. The zero-order valence-electron chi connectivity index (χ0n) is 9.30. The van der Waals surface area contributed by atoms with Crippen LogP contribution in [0.1, 0.15) is 29.0 Å². The molecule has 90 valence electrons. The third-order valence-electron chi connectivity index (χ3n) is 2.73. The van der Waals surface area contributed by atoms with E-state index in [-0.39, 0.29) is 11.5 Å². The molecule has 1 saturated heterocycles. The van der Waals surface area contributed by atoms with Gasteiger partial charge >= 0.3 is 5.97 Å². The topological polar surface area (TPSA) is 83.4 Å². The Balaban J connectivity index is 1.91. The zero-order chi connectivity index (χ0) is 12.3. The van der Waals surface area contributed by atoms with Crippen LogP contribution in [-0.4, -0.2) is 44.9 Å². The fourth-order valence-electron chi connectivity index (χ4n) is 1.77. The molecule has 1 fully saturated rings. The molecule has 0 aliphatic carbocycles. The van der Waals surface area contributed by atoms with E-state index in [1.807, 2.05) is 0 Å². The number of amides is 1. The summed E-state index contributed by atoms with van der Waals surface area (Å²) in [6.07, 6.45) is 4.68. The van der Waals surface area contributed by atoms with Crippen molar-refractivity contribution < 1.29 is 14.7 Å². The molecule has 1 aromatic heterocycles. The van der Waals surface area contributed by atoms with Crippen molar-refractivity contribution in [1.29, 1.82) is 0 Å². The Morgan fingerprint density at radius 3 is 2.65 bits per heavy atom. The van der Waals surface area contributed by atoms with Crippen LogP contribution >= 0.6 is 0 Å². The number of carboxylic acid groups (broad SMARTS) is 1. The summed E-state index contributed by atoms with van der Waals surface area (Å²) in [6, 6.07) is 0. The van der Waals surface area contributed by atoms with Gasteiger partial charge < -0.3 is 10.0 Å². The summed E-state index contributed by atoms with van der Waals surface area (Å²) in [5.41, 5.74) is 0.0750. The third-order valence-corrected chi connectivity index (χ3v) is 2.73. The fourth-order valence-corrected chi connectivity index (χ4v) is 1.77. The van der Waals surface area contributed by atoms with Gasteiger partial charge in [0.1, 0.15) is 5.82 Å². The van der Waals surface area contributed by atoms with Crippen molar-refractivity contribution in [3.8, 4) is 0 Å². The standard InChI is InChI=1S/C11H13N3O3/c15-10-2-1-4-14(10)5-3-9-12-6-8(7-13-9)11(16)17/h6-7H,1-5H2,(H,16,17). The smallest absolute Gasteiger partial charge is 0.338 e. The molecule has 0 radical (unpaired) electrons. The van der Waals surface area contributed by atoms with Crippen LogP contribution in [0.4, 0.5) is 0 Å². The first-order valence-electron chi connectivity index (χ1n) is 5.49. The van der Waals surface area contributed by atoms with E-state index in [0.717, 1.165) is 13.0 Å². The van der Waals surface area contributed by atoms with Crippen molar-refractivity contribution >= 4 is 11.9 Å². The molecule has 6 nitrogen and oxygen atoms in total. The number of nitrogens with zero attached hydrogens (tertiary/aromatic N) is 3. The van der Waals surface area contributed by atoms with E-state index in [0.29, 0.717) is 25.2 Å². The second-order valence-electron chi connectivity index (χ2n) is 3.93. The number of hydrogen-bond donors (Lipinski definition) is 1. The molecule has 1 aliphatic rings. The van der Waals surface area contributed by atoms with Gasteiger partial charge in [-0.1, -0.05) is 0 Å². The predicted octanol–water partition coefficient (Wildman–Crippen LogP) is 0.340. The fraction of sp³-hybridized carbons (Fsp3) is 0.455. The van der Waals surface area contributed by atoms with Gasteiger partial charge in [-0.2, -0.15) is 0 Å². The highest BCUT2D eigenvalue weighted by atomic mass is 16.4. The number of carbonyl (C=O) groups excluding carboxylic acids is 1. The van der Waals surface area contributed by atoms with Gasteiger partial charge in [-0.3, -0.25) is 4.79 Å². The Kier molecular flexibility index (Phi) is 3.32. The van der Waals surface area contributed by atoms with Crippen LogP contribution in [0.5, 0.6) is 0 Å². The maximum atomic E-state index is 11.3. The first-order chi connectivity index (χ1) is 8.16. The Morgan fingerprint density at radius 1 is 1.41 bits per heavy atom. The number of likely N-dealkylation sites (tertiary alicyclic amines) is 1. The van der Waals surface area contributed by atoms with Crippen molar-refractivity contribution in [3.63, 3.8) is 0 Å². The van der Waals surface area contributed by atoms with Crippen molar-refractivity contribution in [2.75, 3.05) is 13.1 Å². The van der Waals surface area contributed by atoms with E-state index in [2.05, 4.69) is 9.97 Å². The maximum Gasteiger partial charge on any atom is 0.338 e. The van der Waals surface area contributed by atoms with E-state index < -0.39 is 5.97 Å². The van der Waals surface area contributed by atoms with Crippen LogP contribution in [0.2, 0.25) is 0 Å². The molecule has 0 atom stereocenters. The average molecular weight is 235 g/mol. The molecule has 1 aliphatic heterocycles. The van der Waals surface area contributed by atoms with Crippen LogP contribution in [-0.2, 0) is 11.2 Å². The molecule has 0 saturated carbocycles. The lowest BCUT2D eigenvalue weighted by Crippen LogP contribution is -2.27. The lowest BCUT2D eigenvalue weighted by molar-refractivity contribution is -0.127. The Morgan fingerprint density at radius 2 is 2.12 bits per heavy atom. The van der Waals surface area contributed by atoms with Gasteiger partial charge in [0.25, 0.3) is 0 Å². The highest BCUT2D eigenvalue weighted by molar-refractivity contribution is 5.86. The summed E-state index contributed by atoms with van der Waals surface area (Å²) in [5.74, 6) is -0.298. The average Bonchev–Trinajstić information content (AvgIpc) is 2.73. The summed E-state index contributed by atoms with van der Waals surface area (Å²) in [4.78, 5) is 31.6. The van der Waals surface area contributed by atoms with Crippen molar-refractivity contribution in [2.45, 2.75) is 19.3 Å². The normalized spacial score (nSPS) is 15.3. The number of carbonyl (C=O) groups is 2. The molecular formula is C11H13N3O3. The summed E-state index contributed by atoms with van der Waals surface area (Å²) < 4.78 is 0. The predicted molar refractivity (Wildman–Crippen MR) is 58.5 cm³/mol.